The molecule has 1 saturated heterocycles. The molecule has 3 heterocycles. The average molecular weight is 684 g/mol. The SMILES string of the molecule is C[C@H](N)CCCc1cc(Cl)c(F)c(-c2cc3cn(-c4ccc([C@@H]5CCCC[C@@H](CCSC(=N)N)N5CCCF)cc4)c(=O)nc3[nH]2)c1. The first-order valence-corrected chi connectivity index (χ1v) is 17.8. The average Bonchev–Trinajstić information content (AvgIpc) is 3.34. The number of nitrogens with zero attached hydrogens (tertiary/aromatic N) is 3. The Kier molecular flexibility index (Phi) is 12.1. The van der Waals surface area contributed by atoms with Gasteiger partial charge in [-0.3, -0.25) is 19.3 Å². The summed E-state index contributed by atoms with van der Waals surface area (Å²) in [6.45, 7) is 2.26. The molecule has 0 bridgehead atoms. The Morgan fingerprint density at radius 2 is 1.96 bits per heavy atom. The van der Waals surface area contributed by atoms with Crippen LogP contribution in [0.5, 0.6) is 0 Å². The van der Waals surface area contributed by atoms with Crippen molar-refractivity contribution in [2.75, 3.05) is 19.0 Å². The van der Waals surface area contributed by atoms with Gasteiger partial charge >= 0.3 is 5.69 Å². The highest BCUT2D eigenvalue weighted by molar-refractivity contribution is 8.13. The zero-order chi connectivity index (χ0) is 33.5. The standard InChI is InChI=1S/C35H44ClF2N7OS/c1-22(39)6-4-7-23-18-28(32(38)29(36)19-23)30-20-25-21-45(35(46)43-33(25)42-30)27-12-10-24(11-13-27)31-9-3-2-8-26(14-17-47-34(40)41)44(31)16-5-15-37/h10-13,18-22,26,31H,2-9,14-17,39H2,1H3,(H3,40,41)(H,42,43,46)/t22-,26-,31-/m0/s1. The van der Waals surface area contributed by atoms with Crippen LogP contribution in [0.2, 0.25) is 5.02 Å². The van der Waals surface area contributed by atoms with E-state index < -0.39 is 11.5 Å². The predicted molar refractivity (Wildman–Crippen MR) is 190 cm³/mol. The van der Waals surface area contributed by atoms with Crippen molar-refractivity contribution >= 4 is 39.6 Å². The molecule has 3 atom stereocenters. The van der Waals surface area contributed by atoms with Crippen LogP contribution in [-0.2, 0) is 6.42 Å². The van der Waals surface area contributed by atoms with Crippen LogP contribution in [0.25, 0.3) is 28.0 Å². The Labute approximate surface area is 283 Å². The van der Waals surface area contributed by atoms with Crippen LogP contribution in [0, 0.1) is 11.2 Å². The second-order valence-electron chi connectivity index (χ2n) is 12.5. The summed E-state index contributed by atoms with van der Waals surface area (Å²) >= 11 is 7.63. The Hall–Kier alpha value is -3.25. The van der Waals surface area contributed by atoms with E-state index in [2.05, 4.69) is 14.9 Å². The smallest absolute Gasteiger partial charge is 0.354 e. The highest BCUT2D eigenvalue weighted by Gasteiger charge is 2.29. The van der Waals surface area contributed by atoms with Crippen molar-refractivity contribution in [1.82, 2.24) is 19.4 Å². The number of nitrogens with two attached hydrogens (primary N) is 2. The van der Waals surface area contributed by atoms with Crippen molar-refractivity contribution in [2.24, 2.45) is 11.5 Å². The number of benzene rings is 2. The molecule has 0 unspecified atom stereocenters. The molecule has 1 fully saturated rings. The van der Waals surface area contributed by atoms with Crippen LogP contribution in [0.1, 0.15) is 75.5 Å². The zero-order valence-corrected chi connectivity index (χ0v) is 28.4. The number of hydrogen-bond donors (Lipinski definition) is 4. The molecule has 0 radical (unpaired) electrons. The molecule has 4 aromatic rings. The van der Waals surface area contributed by atoms with E-state index in [0.29, 0.717) is 40.9 Å². The van der Waals surface area contributed by atoms with Crippen LogP contribution >= 0.6 is 23.4 Å². The number of amidine groups is 1. The summed E-state index contributed by atoms with van der Waals surface area (Å²) in [6, 6.07) is 13.7. The predicted octanol–water partition coefficient (Wildman–Crippen LogP) is 7.51. The third-order valence-corrected chi connectivity index (χ3v) is 9.99. The summed E-state index contributed by atoms with van der Waals surface area (Å²) in [7, 11) is 0. The van der Waals surface area contributed by atoms with Gasteiger partial charge in [0.25, 0.3) is 0 Å². The normalized spacial score (nSPS) is 18.0. The molecule has 6 N–H and O–H groups in total. The number of likely N-dealkylation sites (tertiary alicyclic amines) is 1. The monoisotopic (exact) mass is 683 g/mol. The quantitative estimate of drug-likeness (QED) is 0.0853. The van der Waals surface area contributed by atoms with Crippen LogP contribution in [0.15, 0.2) is 53.5 Å². The molecule has 0 amide bonds. The Balaban J connectivity index is 1.40. The van der Waals surface area contributed by atoms with Crippen molar-refractivity contribution in [3.8, 4) is 16.9 Å². The number of alkyl halides is 1. The highest BCUT2D eigenvalue weighted by Crippen LogP contribution is 2.36. The number of rotatable bonds is 13. The van der Waals surface area contributed by atoms with Gasteiger partial charge in [-0.05, 0) is 93.3 Å². The van der Waals surface area contributed by atoms with Crippen molar-refractivity contribution in [3.05, 3.63) is 81.1 Å². The van der Waals surface area contributed by atoms with Crippen LogP contribution in [-0.4, -0.2) is 55.7 Å². The summed E-state index contributed by atoms with van der Waals surface area (Å²) in [5.41, 5.74) is 14.9. The fourth-order valence-corrected chi connectivity index (χ4v) is 7.50. The van der Waals surface area contributed by atoms with Gasteiger partial charge in [-0.2, -0.15) is 4.98 Å². The molecule has 5 rings (SSSR count). The van der Waals surface area contributed by atoms with Crippen LogP contribution in [0.4, 0.5) is 8.78 Å². The van der Waals surface area contributed by atoms with E-state index in [4.69, 9.17) is 28.5 Å². The highest BCUT2D eigenvalue weighted by atomic mass is 35.5. The maximum Gasteiger partial charge on any atom is 0.354 e. The number of aryl methyl sites for hydroxylation is 1. The lowest BCUT2D eigenvalue weighted by Crippen LogP contribution is -2.38. The summed E-state index contributed by atoms with van der Waals surface area (Å²) in [5.74, 6) is 0.231. The molecule has 0 aliphatic carbocycles. The second-order valence-corrected chi connectivity index (χ2v) is 14.1. The number of thioether (sulfide) groups is 1. The first kappa shape index (κ1) is 35.1. The summed E-state index contributed by atoms with van der Waals surface area (Å²) < 4.78 is 30.0. The molecular weight excluding hydrogens is 640 g/mol. The Bertz CT molecular complexity index is 1730. The molecule has 0 saturated carbocycles. The second kappa shape index (κ2) is 16.2. The minimum atomic E-state index is -0.529. The third kappa shape index (κ3) is 8.81. The number of aromatic nitrogens is 3. The number of H-pyrrole nitrogens is 1. The van der Waals surface area contributed by atoms with Crippen molar-refractivity contribution in [2.45, 2.75) is 82.8 Å². The zero-order valence-electron chi connectivity index (χ0n) is 26.8. The number of hydrogen-bond acceptors (Lipinski definition) is 6. The van der Waals surface area contributed by atoms with Gasteiger partial charge in [0.1, 0.15) is 5.65 Å². The Morgan fingerprint density at radius 3 is 2.68 bits per heavy atom. The van der Waals surface area contributed by atoms with Crippen molar-refractivity contribution < 1.29 is 8.78 Å². The van der Waals surface area contributed by atoms with Gasteiger partial charge in [0.2, 0.25) is 0 Å². The lowest BCUT2D eigenvalue weighted by molar-refractivity contribution is 0.126. The van der Waals surface area contributed by atoms with E-state index in [9.17, 15) is 9.18 Å². The molecule has 2 aromatic carbocycles. The van der Waals surface area contributed by atoms with E-state index >= 15 is 4.39 Å². The summed E-state index contributed by atoms with van der Waals surface area (Å²) in [5, 5.41) is 8.39. The summed E-state index contributed by atoms with van der Waals surface area (Å²) in [4.78, 5) is 23.0. The number of aromatic amines is 1. The van der Waals surface area contributed by atoms with Gasteiger partial charge in [0, 0.05) is 47.6 Å². The molecular formula is C35H44ClF2N7OS. The number of halogens is 3. The van der Waals surface area contributed by atoms with E-state index in [-0.39, 0.29) is 35.0 Å². The number of nitrogens with one attached hydrogen (secondary N) is 2. The van der Waals surface area contributed by atoms with E-state index in [1.165, 1.54) is 16.3 Å². The van der Waals surface area contributed by atoms with Gasteiger partial charge in [-0.15, -0.1) is 0 Å². The molecule has 0 spiro atoms. The topological polar surface area (TPSA) is 130 Å². The van der Waals surface area contributed by atoms with Gasteiger partial charge < -0.3 is 16.5 Å². The van der Waals surface area contributed by atoms with Crippen molar-refractivity contribution in [3.63, 3.8) is 0 Å². The van der Waals surface area contributed by atoms with E-state index in [1.54, 1.807) is 24.4 Å². The minimum absolute atomic E-state index is 0.0442. The maximum absolute atomic E-state index is 15.2. The third-order valence-electron chi connectivity index (χ3n) is 8.96. The molecule has 252 valence electrons. The largest absolute Gasteiger partial charge is 0.379 e. The first-order valence-electron chi connectivity index (χ1n) is 16.4. The molecule has 8 nitrogen and oxygen atoms in total. The minimum Gasteiger partial charge on any atom is -0.379 e. The molecule has 47 heavy (non-hydrogen) atoms. The first-order chi connectivity index (χ1) is 22.6. The van der Waals surface area contributed by atoms with Gasteiger partial charge in [-0.1, -0.05) is 48.3 Å². The molecule has 2 aromatic heterocycles. The van der Waals surface area contributed by atoms with Crippen LogP contribution in [0.3, 0.4) is 0 Å². The fourth-order valence-electron chi connectivity index (χ4n) is 6.65. The molecule has 1 aliphatic heterocycles. The fraction of sp³-hybridized carbons (Fsp3) is 0.457. The van der Waals surface area contributed by atoms with Gasteiger partial charge in [-0.25, -0.2) is 9.18 Å². The number of fused-ring (bicyclic) bond motifs is 1. The summed E-state index contributed by atoms with van der Waals surface area (Å²) in [6.07, 6.45) is 9.70. The maximum atomic E-state index is 15.2. The lowest BCUT2D eigenvalue weighted by atomic mass is 9.99. The van der Waals surface area contributed by atoms with E-state index in [0.717, 1.165) is 68.2 Å². The van der Waals surface area contributed by atoms with Gasteiger partial charge in [0.15, 0.2) is 11.0 Å². The molecule has 12 heteroatoms. The molecule has 1 aliphatic rings. The van der Waals surface area contributed by atoms with Crippen LogP contribution < -0.4 is 17.2 Å². The Morgan fingerprint density at radius 1 is 1.19 bits per heavy atom. The van der Waals surface area contributed by atoms with Crippen molar-refractivity contribution in [1.29, 1.82) is 5.41 Å². The lowest BCUT2D eigenvalue weighted by Gasteiger charge is -2.37. The van der Waals surface area contributed by atoms with Gasteiger partial charge in [0.05, 0.1) is 23.1 Å². The van der Waals surface area contributed by atoms with E-state index in [1.807, 2.05) is 31.2 Å².